The maximum absolute atomic E-state index is 6.16. The zero-order valence-electron chi connectivity index (χ0n) is 15.8. The van der Waals surface area contributed by atoms with Gasteiger partial charge in [-0.05, 0) is 54.0 Å². The normalized spacial score (nSPS) is 18.3. The second-order valence-electron chi connectivity index (χ2n) is 8.12. The smallest absolute Gasteiger partial charge is 0.205 e. The van der Waals surface area contributed by atoms with E-state index in [1.54, 1.807) is 0 Å². The van der Waals surface area contributed by atoms with Gasteiger partial charge in [-0.15, -0.1) is 0 Å². The SMILES string of the molecule is CC(CCC(C)(C)C1OCc2ccccc2O1)c1ccc2[nH]ccc2c1. The first-order valence-corrected chi connectivity index (χ1v) is 9.46. The van der Waals surface area contributed by atoms with Gasteiger partial charge in [-0.25, -0.2) is 0 Å². The molecule has 3 nitrogen and oxygen atoms in total. The van der Waals surface area contributed by atoms with Crippen LogP contribution in [0.1, 0.15) is 50.7 Å². The van der Waals surface area contributed by atoms with E-state index in [0.29, 0.717) is 12.5 Å². The first kappa shape index (κ1) is 17.2. The Labute approximate surface area is 155 Å². The highest BCUT2D eigenvalue weighted by molar-refractivity contribution is 5.80. The maximum Gasteiger partial charge on any atom is 0.205 e. The first-order chi connectivity index (χ1) is 12.5. The molecule has 1 aliphatic rings. The lowest BCUT2D eigenvalue weighted by molar-refractivity contribution is -0.171. The van der Waals surface area contributed by atoms with Crippen LogP contribution in [0.5, 0.6) is 5.75 Å². The van der Waals surface area contributed by atoms with Crippen molar-refractivity contribution in [3.8, 4) is 5.75 Å². The Kier molecular flexibility index (Phi) is 4.49. The van der Waals surface area contributed by atoms with Crippen LogP contribution in [0.3, 0.4) is 0 Å². The molecule has 0 bridgehead atoms. The lowest BCUT2D eigenvalue weighted by atomic mass is 9.82. The lowest BCUT2D eigenvalue weighted by Crippen LogP contribution is -2.39. The van der Waals surface area contributed by atoms with E-state index in [0.717, 1.165) is 24.2 Å². The molecule has 1 aromatic heterocycles. The van der Waals surface area contributed by atoms with Gasteiger partial charge in [0.1, 0.15) is 5.75 Å². The third-order valence-electron chi connectivity index (χ3n) is 5.60. The van der Waals surface area contributed by atoms with E-state index in [1.807, 2.05) is 24.4 Å². The number of hydrogen-bond acceptors (Lipinski definition) is 2. The molecule has 136 valence electrons. The van der Waals surface area contributed by atoms with Crippen LogP contribution in [0, 0.1) is 5.41 Å². The standard InChI is InChI=1S/C23H27NO2/c1-16(17-8-9-20-18(14-17)11-13-24-20)10-12-23(2,3)22-25-15-19-6-4-5-7-21(19)26-22/h4-9,11,13-14,16,22,24H,10,12,15H2,1-3H3. The monoisotopic (exact) mass is 349 g/mol. The largest absolute Gasteiger partial charge is 0.464 e. The highest BCUT2D eigenvalue weighted by Crippen LogP contribution is 2.38. The molecule has 2 unspecified atom stereocenters. The fraction of sp³-hybridized carbons (Fsp3) is 0.391. The van der Waals surface area contributed by atoms with E-state index in [9.17, 15) is 0 Å². The Hall–Kier alpha value is -2.26. The van der Waals surface area contributed by atoms with E-state index in [4.69, 9.17) is 9.47 Å². The van der Waals surface area contributed by atoms with Crippen LogP contribution in [0.2, 0.25) is 0 Å². The Morgan fingerprint density at radius 1 is 1.15 bits per heavy atom. The van der Waals surface area contributed by atoms with Crippen LogP contribution >= 0.6 is 0 Å². The van der Waals surface area contributed by atoms with E-state index in [-0.39, 0.29) is 11.7 Å². The number of aromatic amines is 1. The fourth-order valence-electron chi connectivity index (χ4n) is 3.69. The zero-order chi connectivity index (χ0) is 18.1. The third-order valence-corrected chi connectivity index (χ3v) is 5.60. The van der Waals surface area contributed by atoms with Crippen LogP contribution in [0.25, 0.3) is 10.9 Å². The molecule has 2 heterocycles. The number of H-pyrrole nitrogens is 1. The summed E-state index contributed by atoms with van der Waals surface area (Å²) in [5.74, 6) is 1.47. The van der Waals surface area contributed by atoms with Crippen molar-refractivity contribution in [2.24, 2.45) is 5.41 Å². The Balaban J connectivity index is 1.41. The van der Waals surface area contributed by atoms with Crippen LogP contribution in [-0.2, 0) is 11.3 Å². The number of ether oxygens (including phenoxy) is 2. The predicted molar refractivity (Wildman–Crippen MR) is 105 cm³/mol. The summed E-state index contributed by atoms with van der Waals surface area (Å²) in [4.78, 5) is 3.26. The number of nitrogens with one attached hydrogen (secondary N) is 1. The molecule has 26 heavy (non-hydrogen) atoms. The van der Waals surface area contributed by atoms with Crippen LogP contribution in [0.4, 0.5) is 0 Å². The second-order valence-corrected chi connectivity index (χ2v) is 8.12. The molecule has 0 radical (unpaired) electrons. The number of aromatic nitrogens is 1. The molecule has 0 saturated carbocycles. The van der Waals surface area contributed by atoms with Crippen LogP contribution in [0.15, 0.2) is 54.7 Å². The molecule has 1 N–H and O–H groups in total. The summed E-state index contributed by atoms with van der Waals surface area (Å²) in [6, 6.07) is 17.0. The van der Waals surface area contributed by atoms with Gasteiger partial charge >= 0.3 is 0 Å². The topological polar surface area (TPSA) is 34.2 Å². The minimum Gasteiger partial charge on any atom is -0.464 e. The summed E-state index contributed by atoms with van der Waals surface area (Å²) in [5, 5.41) is 1.28. The predicted octanol–water partition coefficient (Wildman–Crippen LogP) is 6.01. The van der Waals surface area contributed by atoms with Gasteiger partial charge in [0.25, 0.3) is 0 Å². The van der Waals surface area contributed by atoms with Gasteiger partial charge in [0.2, 0.25) is 6.29 Å². The van der Waals surface area contributed by atoms with Gasteiger partial charge in [0, 0.05) is 22.7 Å². The summed E-state index contributed by atoms with van der Waals surface area (Å²) in [5.41, 5.74) is 3.68. The van der Waals surface area contributed by atoms with Gasteiger partial charge in [-0.2, -0.15) is 0 Å². The second kappa shape index (κ2) is 6.81. The number of rotatable bonds is 5. The minimum absolute atomic E-state index is 0.0417. The maximum atomic E-state index is 6.16. The molecule has 0 aliphatic carbocycles. The molecule has 0 spiro atoms. The number of hydrogen-bond donors (Lipinski definition) is 1. The molecule has 0 saturated heterocycles. The molecule has 4 rings (SSSR count). The zero-order valence-corrected chi connectivity index (χ0v) is 15.8. The van der Waals surface area contributed by atoms with Gasteiger partial charge < -0.3 is 14.5 Å². The third kappa shape index (κ3) is 3.36. The Morgan fingerprint density at radius 3 is 2.88 bits per heavy atom. The van der Waals surface area contributed by atoms with Crippen molar-refractivity contribution in [1.29, 1.82) is 0 Å². The summed E-state index contributed by atoms with van der Waals surface area (Å²) in [7, 11) is 0. The van der Waals surface area contributed by atoms with Crippen molar-refractivity contribution in [3.05, 3.63) is 65.9 Å². The van der Waals surface area contributed by atoms with Crippen LogP contribution in [-0.4, -0.2) is 11.3 Å². The van der Waals surface area contributed by atoms with E-state index in [1.165, 1.54) is 16.5 Å². The summed E-state index contributed by atoms with van der Waals surface area (Å²) in [6.07, 6.45) is 3.95. The highest BCUT2D eigenvalue weighted by Gasteiger charge is 2.35. The van der Waals surface area contributed by atoms with Crippen molar-refractivity contribution in [2.45, 2.75) is 52.4 Å². The minimum atomic E-state index is -0.197. The van der Waals surface area contributed by atoms with Crippen molar-refractivity contribution >= 4 is 10.9 Å². The molecule has 2 atom stereocenters. The number of benzene rings is 2. The molecule has 3 heteroatoms. The van der Waals surface area contributed by atoms with Gasteiger partial charge in [0.15, 0.2) is 0 Å². The molecule has 2 aromatic carbocycles. The summed E-state index contributed by atoms with van der Waals surface area (Å²) in [6.45, 7) is 7.42. The Bertz CT molecular complexity index is 896. The summed E-state index contributed by atoms with van der Waals surface area (Å²) >= 11 is 0. The van der Waals surface area contributed by atoms with E-state index < -0.39 is 0 Å². The first-order valence-electron chi connectivity index (χ1n) is 9.46. The van der Waals surface area contributed by atoms with Crippen molar-refractivity contribution < 1.29 is 9.47 Å². The molecule has 0 fully saturated rings. The van der Waals surface area contributed by atoms with E-state index >= 15 is 0 Å². The van der Waals surface area contributed by atoms with E-state index in [2.05, 4.69) is 56.1 Å². The quantitative estimate of drug-likeness (QED) is 0.612. The molecule has 1 aliphatic heterocycles. The average molecular weight is 349 g/mol. The molecular weight excluding hydrogens is 322 g/mol. The molecular formula is C23H27NO2. The Morgan fingerprint density at radius 2 is 2.00 bits per heavy atom. The van der Waals surface area contributed by atoms with Gasteiger partial charge in [-0.3, -0.25) is 0 Å². The average Bonchev–Trinajstić information content (AvgIpc) is 3.13. The number of para-hydroxylation sites is 1. The molecule has 0 amide bonds. The van der Waals surface area contributed by atoms with Crippen molar-refractivity contribution in [2.75, 3.05) is 0 Å². The summed E-state index contributed by atoms with van der Waals surface area (Å²) < 4.78 is 12.2. The number of fused-ring (bicyclic) bond motifs is 2. The van der Waals surface area contributed by atoms with Crippen LogP contribution < -0.4 is 4.74 Å². The van der Waals surface area contributed by atoms with Crippen molar-refractivity contribution in [3.63, 3.8) is 0 Å². The van der Waals surface area contributed by atoms with Gasteiger partial charge in [0.05, 0.1) is 6.61 Å². The molecule has 3 aromatic rings. The van der Waals surface area contributed by atoms with Crippen molar-refractivity contribution in [1.82, 2.24) is 4.98 Å². The van der Waals surface area contributed by atoms with Gasteiger partial charge in [-0.1, -0.05) is 45.0 Å². The fourth-order valence-corrected chi connectivity index (χ4v) is 3.69. The lowest BCUT2D eigenvalue weighted by Gasteiger charge is -2.38. The highest BCUT2D eigenvalue weighted by atomic mass is 16.7.